The Labute approximate surface area is 165 Å². The summed E-state index contributed by atoms with van der Waals surface area (Å²) >= 11 is 0. The Morgan fingerprint density at radius 1 is 1.11 bits per heavy atom. The van der Waals surface area contributed by atoms with E-state index in [1.54, 1.807) is 6.20 Å². The zero-order valence-electron chi connectivity index (χ0n) is 16.5. The van der Waals surface area contributed by atoms with Crippen LogP contribution in [0, 0.1) is 13.8 Å². The number of carbonyl (C=O) groups is 1. The second-order valence-electron chi connectivity index (χ2n) is 6.90. The van der Waals surface area contributed by atoms with Crippen LogP contribution >= 0.6 is 0 Å². The van der Waals surface area contributed by atoms with Gasteiger partial charge in [-0.3, -0.25) is 14.6 Å². The summed E-state index contributed by atoms with van der Waals surface area (Å²) < 4.78 is 2.03. The molecule has 3 aromatic rings. The van der Waals surface area contributed by atoms with Crippen LogP contribution in [-0.4, -0.2) is 15.5 Å². The summed E-state index contributed by atoms with van der Waals surface area (Å²) in [7, 11) is 0. The maximum atomic E-state index is 13.1. The minimum absolute atomic E-state index is 0.214. The van der Waals surface area contributed by atoms with Crippen molar-refractivity contribution in [2.45, 2.75) is 40.2 Å². The molecule has 28 heavy (non-hydrogen) atoms. The Hall–Kier alpha value is -3.21. The van der Waals surface area contributed by atoms with Gasteiger partial charge in [0, 0.05) is 29.3 Å². The van der Waals surface area contributed by atoms with E-state index in [0.717, 1.165) is 29.1 Å². The molecule has 2 aromatic heterocycles. The van der Waals surface area contributed by atoms with E-state index in [-0.39, 0.29) is 16.9 Å². The van der Waals surface area contributed by atoms with Crippen molar-refractivity contribution in [2.75, 3.05) is 5.32 Å². The van der Waals surface area contributed by atoms with Gasteiger partial charge in [-0.2, -0.15) is 0 Å². The second-order valence-corrected chi connectivity index (χ2v) is 6.90. The summed E-state index contributed by atoms with van der Waals surface area (Å²) in [6, 6.07) is 14.8. The Morgan fingerprint density at radius 3 is 2.54 bits per heavy atom. The number of benzene rings is 1. The Balaban J connectivity index is 2.07. The average Bonchev–Trinajstić information content (AvgIpc) is 2.67. The van der Waals surface area contributed by atoms with Crippen LogP contribution in [0.2, 0.25) is 0 Å². The van der Waals surface area contributed by atoms with Gasteiger partial charge in [-0.15, -0.1) is 0 Å². The molecule has 0 aliphatic heterocycles. The van der Waals surface area contributed by atoms with Crippen molar-refractivity contribution in [3.8, 4) is 0 Å². The van der Waals surface area contributed by atoms with Crippen LogP contribution in [0.25, 0.3) is 0 Å². The minimum atomic E-state index is -0.363. The standard InChI is InChI=1S/C23H25N3O2/c1-4-9-20-22(23(28)25-19-12-6-5-10-16(19)2)21(27)14-17(3)26(20)15-18-11-7-8-13-24-18/h5-8,10-14H,4,9,15H2,1-3H3,(H,25,28). The lowest BCUT2D eigenvalue weighted by Crippen LogP contribution is -2.29. The molecule has 0 unspecified atom stereocenters. The van der Waals surface area contributed by atoms with Crippen LogP contribution < -0.4 is 10.7 Å². The molecule has 5 heteroatoms. The number of hydrogen-bond donors (Lipinski definition) is 1. The molecule has 1 N–H and O–H groups in total. The van der Waals surface area contributed by atoms with Crippen molar-refractivity contribution in [1.29, 1.82) is 0 Å². The van der Waals surface area contributed by atoms with Gasteiger partial charge in [0.05, 0.1) is 12.2 Å². The Bertz CT molecular complexity index is 1040. The summed E-state index contributed by atoms with van der Waals surface area (Å²) in [6.07, 6.45) is 3.22. The van der Waals surface area contributed by atoms with Crippen LogP contribution in [0.15, 0.2) is 59.5 Å². The molecular formula is C23H25N3O2. The van der Waals surface area contributed by atoms with Crippen molar-refractivity contribution in [1.82, 2.24) is 9.55 Å². The lowest BCUT2D eigenvalue weighted by atomic mass is 10.1. The van der Waals surface area contributed by atoms with Crippen LogP contribution in [-0.2, 0) is 13.0 Å². The number of rotatable bonds is 6. The van der Waals surface area contributed by atoms with Crippen molar-refractivity contribution < 1.29 is 4.79 Å². The fraction of sp³-hybridized carbons (Fsp3) is 0.261. The number of nitrogens with one attached hydrogen (secondary N) is 1. The number of amides is 1. The van der Waals surface area contributed by atoms with Crippen molar-refractivity contribution in [3.05, 3.63) is 93.2 Å². The van der Waals surface area contributed by atoms with E-state index >= 15 is 0 Å². The molecule has 0 fully saturated rings. The number of hydrogen-bond acceptors (Lipinski definition) is 3. The van der Waals surface area contributed by atoms with E-state index in [0.29, 0.717) is 18.7 Å². The van der Waals surface area contributed by atoms with Gasteiger partial charge in [-0.1, -0.05) is 37.6 Å². The molecule has 2 heterocycles. The summed E-state index contributed by atoms with van der Waals surface area (Å²) in [5, 5.41) is 2.91. The first-order valence-corrected chi connectivity index (χ1v) is 9.51. The number of aryl methyl sites for hydroxylation is 2. The number of para-hydroxylation sites is 1. The van der Waals surface area contributed by atoms with Gasteiger partial charge in [0.15, 0.2) is 5.43 Å². The largest absolute Gasteiger partial charge is 0.342 e. The predicted molar refractivity (Wildman–Crippen MR) is 112 cm³/mol. The third-order valence-electron chi connectivity index (χ3n) is 4.78. The third-order valence-corrected chi connectivity index (χ3v) is 4.78. The summed E-state index contributed by atoms with van der Waals surface area (Å²) in [6.45, 7) is 6.39. The molecule has 0 bridgehead atoms. The number of aromatic nitrogens is 2. The highest BCUT2D eigenvalue weighted by Gasteiger charge is 2.20. The average molecular weight is 375 g/mol. The highest BCUT2D eigenvalue weighted by Crippen LogP contribution is 2.18. The highest BCUT2D eigenvalue weighted by molar-refractivity contribution is 6.05. The van der Waals surface area contributed by atoms with Crippen LogP contribution in [0.3, 0.4) is 0 Å². The minimum Gasteiger partial charge on any atom is -0.342 e. The summed E-state index contributed by atoms with van der Waals surface area (Å²) in [5.41, 5.74) is 4.10. The third kappa shape index (κ3) is 4.19. The molecule has 0 aliphatic rings. The maximum absolute atomic E-state index is 13.1. The fourth-order valence-electron chi connectivity index (χ4n) is 3.34. The molecule has 5 nitrogen and oxygen atoms in total. The smallest absolute Gasteiger partial charge is 0.261 e. The molecule has 0 atom stereocenters. The zero-order valence-corrected chi connectivity index (χ0v) is 16.5. The van der Waals surface area contributed by atoms with E-state index in [9.17, 15) is 9.59 Å². The van der Waals surface area contributed by atoms with Crippen LogP contribution in [0.5, 0.6) is 0 Å². The first-order valence-electron chi connectivity index (χ1n) is 9.51. The van der Waals surface area contributed by atoms with Crippen LogP contribution in [0.4, 0.5) is 5.69 Å². The van der Waals surface area contributed by atoms with E-state index in [2.05, 4.69) is 10.3 Å². The van der Waals surface area contributed by atoms with E-state index in [1.807, 2.05) is 67.8 Å². The van der Waals surface area contributed by atoms with Gasteiger partial charge in [0.1, 0.15) is 5.56 Å². The molecule has 0 aliphatic carbocycles. The second kappa shape index (κ2) is 8.65. The van der Waals surface area contributed by atoms with Gasteiger partial charge in [0.2, 0.25) is 0 Å². The van der Waals surface area contributed by atoms with Crippen molar-refractivity contribution >= 4 is 11.6 Å². The fourth-order valence-corrected chi connectivity index (χ4v) is 3.34. The van der Waals surface area contributed by atoms with E-state index < -0.39 is 0 Å². The van der Waals surface area contributed by atoms with E-state index in [1.165, 1.54) is 6.07 Å². The normalized spacial score (nSPS) is 10.7. The molecular weight excluding hydrogens is 350 g/mol. The van der Waals surface area contributed by atoms with Gasteiger partial charge in [-0.25, -0.2) is 0 Å². The molecule has 0 saturated heterocycles. The van der Waals surface area contributed by atoms with Crippen molar-refractivity contribution in [3.63, 3.8) is 0 Å². The Kier molecular flexibility index (Phi) is 6.04. The molecule has 3 rings (SSSR count). The quantitative estimate of drug-likeness (QED) is 0.705. The first kappa shape index (κ1) is 19.5. The lowest BCUT2D eigenvalue weighted by molar-refractivity contribution is 0.102. The van der Waals surface area contributed by atoms with E-state index in [4.69, 9.17) is 0 Å². The van der Waals surface area contributed by atoms with Gasteiger partial charge < -0.3 is 9.88 Å². The Morgan fingerprint density at radius 2 is 1.86 bits per heavy atom. The van der Waals surface area contributed by atoms with Gasteiger partial charge in [0.25, 0.3) is 5.91 Å². The highest BCUT2D eigenvalue weighted by atomic mass is 16.2. The molecule has 1 amide bonds. The summed E-state index contributed by atoms with van der Waals surface area (Å²) in [5.74, 6) is -0.363. The summed E-state index contributed by atoms with van der Waals surface area (Å²) in [4.78, 5) is 30.2. The number of anilines is 1. The number of pyridine rings is 2. The van der Waals surface area contributed by atoms with Gasteiger partial charge in [-0.05, 0) is 44.0 Å². The molecule has 0 radical (unpaired) electrons. The van der Waals surface area contributed by atoms with Crippen LogP contribution in [0.1, 0.15) is 46.3 Å². The van der Waals surface area contributed by atoms with Crippen molar-refractivity contribution in [2.24, 2.45) is 0 Å². The SMILES string of the molecule is CCCc1c(C(=O)Nc2ccccc2C)c(=O)cc(C)n1Cc1ccccn1. The topological polar surface area (TPSA) is 64.0 Å². The molecule has 144 valence electrons. The molecule has 0 spiro atoms. The lowest BCUT2D eigenvalue weighted by Gasteiger charge is -2.20. The molecule has 0 saturated carbocycles. The van der Waals surface area contributed by atoms with Gasteiger partial charge >= 0.3 is 0 Å². The first-order chi connectivity index (χ1) is 13.5. The predicted octanol–water partition coefficient (Wildman–Crippen LogP) is 4.11. The monoisotopic (exact) mass is 375 g/mol. The molecule has 1 aromatic carbocycles. The number of carbonyl (C=O) groups excluding carboxylic acids is 1. The zero-order chi connectivity index (χ0) is 20.1. The maximum Gasteiger partial charge on any atom is 0.261 e. The number of nitrogens with zero attached hydrogens (tertiary/aromatic N) is 2.